The van der Waals surface area contributed by atoms with Crippen LogP contribution in [0.1, 0.15) is 38.4 Å². The first-order chi connectivity index (χ1) is 7.45. The fourth-order valence-electron chi connectivity index (χ4n) is 1.08. The summed E-state index contributed by atoms with van der Waals surface area (Å²) in [6, 6.07) is 0. The molecule has 0 radical (unpaired) electrons. The first-order valence-electron chi connectivity index (χ1n) is 5.05. The van der Waals surface area contributed by atoms with Crippen molar-refractivity contribution in [1.29, 1.82) is 0 Å². The Morgan fingerprint density at radius 3 is 2.81 bits per heavy atom. The van der Waals surface area contributed by atoms with Gasteiger partial charge in [0.1, 0.15) is 5.60 Å². The topological polar surface area (TPSA) is 85.5 Å². The summed E-state index contributed by atoms with van der Waals surface area (Å²) < 4.78 is 10.2. The summed E-state index contributed by atoms with van der Waals surface area (Å²) in [5, 5.41) is 12.3. The predicted molar refractivity (Wildman–Crippen MR) is 54.9 cm³/mol. The molecule has 0 unspecified atom stereocenters. The molecule has 0 aliphatic rings. The average molecular weight is 228 g/mol. The zero-order valence-corrected chi connectivity index (χ0v) is 9.69. The van der Waals surface area contributed by atoms with Crippen molar-refractivity contribution in [2.24, 2.45) is 0 Å². The molecule has 1 aromatic heterocycles. The molecule has 1 heterocycles. The Morgan fingerprint density at radius 2 is 2.25 bits per heavy atom. The van der Waals surface area contributed by atoms with Gasteiger partial charge in [-0.2, -0.15) is 4.98 Å². The molecule has 16 heavy (non-hydrogen) atoms. The van der Waals surface area contributed by atoms with E-state index in [0.717, 1.165) is 0 Å². The van der Waals surface area contributed by atoms with Crippen molar-refractivity contribution in [2.45, 2.75) is 38.7 Å². The molecule has 1 N–H and O–H groups in total. The fourth-order valence-corrected chi connectivity index (χ4v) is 1.08. The molecule has 0 bridgehead atoms. The van der Waals surface area contributed by atoms with Gasteiger partial charge in [0.2, 0.25) is 11.7 Å². The number of aryl methyl sites for hydroxylation is 1. The van der Waals surface area contributed by atoms with Gasteiger partial charge in [-0.1, -0.05) is 5.16 Å². The quantitative estimate of drug-likeness (QED) is 0.791. The minimum atomic E-state index is -0.822. The van der Waals surface area contributed by atoms with E-state index in [9.17, 15) is 4.79 Å². The Hall–Kier alpha value is -1.43. The van der Waals surface area contributed by atoms with Gasteiger partial charge < -0.3 is 14.4 Å². The lowest BCUT2D eigenvalue weighted by Gasteiger charge is -2.17. The van der Waals surface area contributed by atoms with Gasteiger partial charge >= 0.3 is 5.97 Å². The van der Waals surface area contributed by atoms with E-state index in [1.807, 2.05) is 13.8 Å². The van der Waals surface area contributed by atoms with Crippen molar-refractivity contribution >= 4 is 5.97 Å². The predicted octanol–water partition coefficient (Wildman–Crippen LogP) is 1.36. The Bertz CT molecular complexity index is 359. The Morgan fingerprint density at radius 1 is 1.56 bits per heavy atom. The smallest absolute Gasteiger partial charge is 0.303 e. The highest BCUT2D eigenvalue weighted by Gasteiger charge is 2.25. The van der Waals surface area contributed by atoms with Crippen LogP contribution in [0, 0.1) is 0 Å². The summed E-state index contributed by atoms with van der Waals surface area (Å²) in [6.45, 7) is 3.66. The van der Waals surface area contributed by atoms with E-state index >= 15 is 0 Å². The number of rotatable bonds is 6. The van der Waals surface area contributed by atoms with E-state index in [1.54, 1.807) is 7.11 Å². The van der Waals surface area contributed by atoms with Gasteiger partial charge in [0.05, 0.1) is 0 Å². The van der Waals surface area contributed by atoms with Crippen LogP contribution >= 0.6 is 0 Å². The number of nitrogens with zero attached hydrogens (tertiary/aromatic N) is 2. The Balaban J connectivity index is 2.55. The molecule has 0 spiro atoms. The summed E-state index contributed by atoms with van der Waals surface area (Å²) in [5.74, 6) is 0.0960. The largest absolute Gasteiger partial charge is 0.481 e. The van der Waals surface area contributed by atoms with E-state index in [4.69, 9.17) is 14.4 Å². The number of carboxylic acids is 1. The molecule has 1 rings (SSSR count). The normalized spacial score (nSPS) is 11.7. The van der Waals surface area contributed by atoms with E-state index < -0.39 is 11.6 Å². The van der Waals surface area contributed by atoms with Gasteiger partial charge in [-0.3, -0.25) is 4.79 Å². The SMILES string of the molecule is COC(C)(C)c1noc(CCCC(=O)O)n1. The lowest BCUT2D eigenvalue weighted by atomic mass is 10.1. The van der Waals surface area contributed by atoms with Crippen LogP contribution in [-0.2, 0) is 21.6 Å². The lowest BCUT2D eigenvalue weighted by molar-refractivity contribution is -0.137. The molecule has 0 atom stereocenters. The van der Waals surface area contributed by atoms with Crippen molar-refractivity contribution in [1.82, 2.24) is 10.1 Å². The number of hydrogen-bond acceptors (Lipinski definition) is 5. The maximum Gasteiger partial charge on any atom is 0.303 e. The second-order valence-electron chi connectivity index (χ2n) is 3.97. The first-order valence-corrected chi connectivity index (χ1v) is 5.05. The third kappa shape index (κ3) is 3.30. The average Bonchev–Trinajstić information content (AvgIpc) is 2.66. The Labute approximate surface area is 93.6 Å². The summed E-state index contributed by atoms with van der Waals surface area (Å²) in [4.78, 5) is 14.5. The number of carbonyl (C=O) groups is 1. The zero-order chi connectivity index (χ0) is 12.2. The third-order valence-corrected chi connectivity index (χ3v) is 2.30. The molecule has 90 valence electrons. The lowest BCUT2D eigenvalue weighted by Crippen LogP contribution is -2.21. The fraction of sp³-hybridized carbons (Fsp3) is 0.700. The van der Waals surface area contributed by atoms with Crippen molar-refractivity contribution in [3.8, 4) is 0 Å². The van der Waals surface area contributed by atoms with E-state index in [1.165, 1.54) is 0 Å². The van der Waals surface area contributed by atoms with Crippen LogP contribution in [0.5, 0.6) is 0 Å². The third-order valence-electron chi connectivity index (χ3n) is 2.30. The zero-order valence-electron chi connectivity index (χ0n) is 9.69. The van der Waals surface area contributed by atoms with Crippen LogP contribution in [-0.4, -0.2) is 28.3 Å². The number of methoxy groups -OCH3 is 1. The summed E-state index contributed by atoms with van der Waals surface area (Å²) in [5.41, 5.74) is -0.589. The van der Waals surface area contributed by atoms with Gasteiger partial charge in [-0.15, -0.1) is 0 Å². The second kappa shape index (κ2) is 5.07. The van der Waals surface area contributed by atoms with E-state index in [-0.39, 0.29) is 6.42 Å². The molecule has 6 nitrogen and oxygen atoms in total. The van der Waals surface area contributed by atoms with Crippen LogP contribution in [0.2, 0.25) is 0 Å². The number of aliphatic carboxylic acids is 1. The van der Waals surface area contributed by atoms with Gasteiger partial charge in [-0.05, 0) is 20.3 Å². The number of hydrogen-bond donors (Lipinski definition) is 1. The Kier molecular flexibility index (Phi) is 4.00. The number of ether oxygens (including phenoxy) is 1. The number of carboxylic acid groups (broad SMARTS) is 1. The molecule has 0 saturated heterocycles. The van der Waals surface area contributed by atoms with Crippen LogP contribution in [0.3, 0.4) is 0 Å². The van der Waals surface area contributed by atoms with Crippen LogP contribution in [0.4, 0.5) is 0 Å². The first kappa shape index (κ1) is 12.6. The highest BCUT2D eigenvalue weighted by molar-refractivity contribution is 5.66. The minimum absolute atomic E-state index is 0.103. The molecule has 0 aliphatic heterocycles. The summed E-state index contributed by atoms with van der Waals surface area (Å²) in [6.07, 6.45) is 1.06. The van der Waals surface area contributed by atoms with Crippen molar-refractivity contribution in [3.63, 3.8) is 0 Å². The van der Waals surface area contributed by atoms with E-state index in [0.29, 0.717) is 24.6 Å². The van der Waals surface area contributed by atoms with Crippen LogP contribution in [0.15, 0.2) is 4.52 Å². The summed E-state index contributed by atoms with van der Waals surface area (Å²) >= 11 is 0. The van der Waals surface area contributed by atoms with Crippen molar-refractivity contribution in [2.75, 3.05) is 7.11 Å². The minimum Gasteiger partial charge on any atom is -0.481 e. The molecular formula is C10H16N2O4. The van der Waals surface area contributed by atoms with Gasteiger partial charge in [0.15, 0.2) is 0 Å². The van der Waals surface area contributed by atoms with Crippen molar-refractivity contribution < 1.29 is 19.2 Å². The van der Waals surface area contributed by atoms with Gasteiger partial charge in [0, 0.05) is 20.0 Å². The molecule has 0 aromatic carbocycles. The maximum absolute atomic E-state index is 10.3. The van der Waals surface area contributed by atoms with Gasteiger partial charge in [0.25, 0.3) is 0 Å². The molecule has 0 aliphatic carbocycles. The standard InChI is InChI=1S/C10H16N2O4/c1-10(2,15-3)9-11-7(16-12-9)5-4-6-8(13)14/h4-6H2,1-3H3,(H,13,14). The second-order valence-corrected chi connectivity index (χ2v) is 3.97. The molecule has 6 heteroatoms. The maximum atomic E-state index is 10.3. The van der Waals surface area contributed by atoms with Gasteiger partial charge in [-0.25, -0.2) is 0 Å². The van der Waals surface area contributed by atoms with Crippen LogP contribution in [0.25, 0.3) is 0 Å². The molecular weight excluding hydrogens is 212 g/mol. The number of aromatic nitrogens is 2. The highest BCUT2D eigenvalue weighted by Crippen LogP contribution is 2.20. The molecule has 0 saturated carbocycles. The molecule has 0 fully saturated rings. The highest BCUT2D eigenvalue weighted by atomic mass is 16.5. The van der Waals surface area contributed by atoms with E-state index in [2.05, 4.69) is 10.1 Å². The van der Waals surface area contributed by atoms with Crippen molar-refractivity contribution in [3.05, 3.63) is 11.7 Å². The molecule has 0 amide bonds. The van der Waals surface area contributed by atoms with Crippen LogP contribution < -0.4 is 0 Å². The monoisotopic (exact) mass is 228 g/mol. The summed E-state index contributed by atoms with van der Waals surface area (Å²) in [7, 11) is 1.57. The molecule has 1 aromatic rings.